The summed E-state index contributed by atoms with van der Waals surface area (Å²) in [6.45, 7) is 4.03. The molecule has 2 aromatic rings. The number of methoxy groups -OCH3 is 1. The molecule has 3 heteroatoms. The zero-order valence-corrected chi connectivity index (χ0v) is 10.3. The number of hydrogen-bond donors (Lipinski definition) is 1. The average Bonchev–Trinajstić information content (AvgIpc) is 2.39. The molecule has 17 heavy (non-hydrogen) atoms. The van der Waals surface area contributed by atoms with Crippen molar-refractivity contribution in [2.45, 2.75) is 13.8 Å². The molecule has 1 aromatic heterocycles. The van der Waals surface area contributed by atoms with Crippen LogP contribution in [0.5, 0.6) is 5.75 Å². The smallest absolute Gasteiger partial charge is 0.128 e. The number of hydrogen-bond acceptors (Lipinski definition) is 3. The zero-order chi connectivity index (χ0) is 12.3. The molecule has 1 N–H and O–H groups in total. The van der Waals surface area contributed by atoms with Crippen molar-refractivity contribution >= 4 is 16.6 Å². The van der Waals surface area contributed by atoms with Gasteiger partial charge in [-0.3, -0.25) is 4.98 Å². The zero-order valence-electron chi connectivity index (χ0n) is 10.3. The summed E-state index contributed by atoms with van der Waals surface area (Å²) in [5.41, 5.74) is 3.02. The Balaban J connectivity index is 2.58. The van der Waals surface area contributed by atoms with Gasteiger partial charge in [-0.1, -0.05) is 6.08 Å². The molecule has 0 saturated heterocycles. The first-order chi connectivity index (χ1) is 8.26. The van der Waals surface area contributed by atoms with Crippen LogP contribution < -0.4 is 10.1 Å². The van der Waals surface area contributed by atoms with Gasteiger partial charge in [-0.15, -0.1) is 0 Å². The van der Waals surface area contributed by atoms with Crippen molar-refractivity contribution in [2.75, 3.05) is 12.4 Å². The van der Waals surface area contributed by atoms with Crippen molar-refractivity contribution in [3.05, 3.63) is 42.2 Å². The minimum Gasteiger partial charge on any atom is -0.496 e. The van der Waals surface area contributed by atoms with Crippen LogP contribution in [-0.2, 0) is 0 Å². The SMILES string of the molecule is C/C=C(/C)Nc1ccc(OC)c2cccnc12. The van der Waals surface area contributed by atoms with Crippen molar-refractivity contribution in [1.29, 1.82) is 0 Å². The molecular formula is C14H16N2O. The largest absolute Gasteiger partial charge is 0.496 e. The molecular weight excluding hydrogens is 212 g/mol. The van der Waals surface area contributed by atoms with Crippen LogP contribution in [-0.4, -0.2) is 12.1 Å². The first kappa shape index (κ1) is 11.5. The minimum absolute atomic E-state index is 0.844. The second kappa shape index (κ2) is 4.87. The van der Waals surface area contributed by atoms with Gasteiger partial charge >= 0.3 is 0 Å². The van der Waals surface area contributed by atoms with E-state index >= 15 is 0 Å². The lowest BCUT2D eigenvalue weighted by atomic mass is 10.1. The summed E-state index contributed by atoms with van der Waals surface area (Å²) in [6, 6.07) is 7.87. The van der Waals surface area contributed by atoms with E-state index in [-0.39, 0.29) is 0 Å². The van der Waals surface area contributed by atoms with Gasteiger partial charge in [0.05, 0.1) is 18.3 Å². The Hall–Kier alpha value is -2.03. The number of allylic oxidation sites excluding steroid dienone is 2. The fourth-order valence-electron chi connectivity index (χ4n) is 1.71. The fourth-order valence-corrected chi connectivity index (χ4v) is 1.71. The van der Waals surface area contributed by atoms with Gasteiger partial charge in [0.25, 0.3) is 0 Å². The molecule has 0 bridgehead atoms. The van der Waals surface area contributed by atoms with Crippen LogP contribution in [0.25, 0.3) is 10.9 Å². The Bertz CT molecular complexity index is 561. The van der Waals surface area contributed by atoms with E-state index in [4.69, 9.17) is 4.74 Å². The molecule has 0 aliphatic heterocycles. The molecule has 0 fully saturated rings. The van der Waals surface area contributed by atoms with Gasteiger partial charge in [0.1, 0.15) is 5.75 Å². The number of nitrogens with one attached hydrogen (secondary N) is 1. The number of anilines is 1. The van der Waals surface area contributed by atoms with Gasteiger partial charge in [0.2, 0.25) is 0 Å². The van der Waals surface area contributed by atoms with Crippen LogP contribution in [0.4, 0.5) is 5.69 Å². The number of fused-ring (bicyclic) bond motifs is 1. The maximum Gasteiger partial charge on any atom is 0.128 e. The minimum atomic E-state index is 0.844. The Morgan fingerprint density at radius 2 is 2.18 bits per heavy atom. The molecule has 0 amide bonds. The molecule has 88 valence electrons. The van der Waals surface area contributed by atoms with Gasteiger partial charge in [0, 0.05) is 17.3 Å². The van der Waals surface area contributed by atoms with E-state index in [2.05, 4.69) is 10.3 Å². The van der Waals surface area contributed by atoms with Crippen molar-refractivity contribution in [3.8, 4) is 5.75 Å². The monoisotopic (exact) mass is 228 g/mol. The third-order valence-corrected chi connectivity index (χ3v) is 2.71. The number of aromatic nitrogens is 1. The highest BCUT2D eigenvalue weighted by Crippen LogP contribution is 2.30. The number of rotatable bonds is 3. The molecule has 0 radical (unpaired) electrons. The summed E-state index contributed by atoms with van der Waals surface area (Å²) in [6.07, 6.45) is 3.82. The number of nitrogens with zero attached hydrogens (tertiary/aromatic N) is 1. The third kappa shape index (κ3) is 2.23. The molecule has 3 nitrogen and oxygen atoms in total. The highest BCUT2D eigenvalue weighted by Gasteiger charge is 2.06. The Morgan fingerprint density at radius 1 is 1.35 bits per heavy atom. The number of benzene rings is 1. The highest BCUT2D eigenvalue weighted by atomic mass is 16.5. The third-order valence-electron chi connectivity index (χ3n) is 2.71. The standard InChI is InChI=1S/C14H16N2O/c1-4-10(2)16-12-7-8-13(17-3)11-6-5-9-15-14(11)12/h4-9,16H,1-3H3/b10-4-. The van der Waals surface area contributed by atoms with Crippen LogP contribution >= 0.6 is 0 Å². The van der Waals surface area contributed by atoms with E-state index in [1.54, 1.807) is 13.3 Å². The maximum absolute atomic E-state index is 5.33. The lowest BCUT2D eigenvalue weighted by Crippen LogP contribution is -1.97. The van der Waals surface area contributed by atoms with E-state index < -0.39 is 0 Å². The lowest BCUT2D eigenvalue weighted by molar-refractivity contribution is 0.420. The molecule has 0 aliphatic carbocycles. The lowest BCUT2D eigenvalue weighted by Gasteiger charge is -2.11. The van der Waals surface area contributed by atoms with Gasteiger partial charge in [-0.05, 0) is 38.1 Å². The number of ether oxygens (including phenoxy) is 1. The van der Waals surface area contributed by atoms with E-state index in [0.717, 1.165) is 28.0 Å². The molecule has 1 aromatic carbocycles. The summed E-state index contributed by atoms with van der Waals surface area (Å²) < 4.78 is 5.33. The molecule has 0 atom stereocenters. The molecule has 2 rings (SSSR count). The Labute approximate surface area is 101 Å². The van der Waals surface area contributed by atoms with Crippen LogP contribution in [0.2, 0.25) is 0 Å². The van der Waals surface area contributed by atoms with Crippen molar-refractivity contribution in [1.82, 2.24) is 4.98 Å². The van der Waals surface area contributed by atoms with Crippen molar-refractivity contribution in [3.63, 3.8) is 0 Å². The molecule has 0 aliphatic rings. The molecule has 0 unspecified atom stereocenters. The molecule has 0 saturated carbocycles. The van der Waals surface area contributed by atoms with Crippen molar-refractivity contribution < 1.29 is 4.74 Å². The fraction of sp³-hybridized carbons (Fsp3) is 0.214. The van der Waals surface area contributed by atoms with Crippen LogP contribution in [0.15, 0.2) is 42.2 Å². The average molecular weight is 228 g/mol. The second-order valence-corrected chi connectivity index (χ2v) is 3.81. The van der Waals surface area contributed by atoms with E-state index in [1.807, 2.05) is 44.2 Å². The highest BCUT2D eigenvalue weighted by molar-refractivity contribution is 5.95. The van der Waals surface area contributed by atoms with Crippen molar-refractivity contribution in [2.24, 2.45) is 0 Å². The first-order valence-corrected chi connectivity index (χ1v) is 5.58. The summed E-state index contributed by atoms with van der Waals surface area (Å²) >= 11 is 0. The topological polar surface area (TPSA) is 34.1 Å². The van der Waals surface area contributed by atoms with Gasteiger partial charge < -0.3 is 10.1 Å². The Kier molecular flexibility index (Phi) is 3.28. The molecule has 1 heterocycles. The van der Waals surface area contributed by atoms with Gasteiger partial charge in [-0.2, -0.15) is 0 Å². The van der Waals surface area contributed by atoms with Crippen LogP contribution in [0.3, 0.4) is 0 Å². The first-order valence-electron chi connectivity index (χ1n) is 5.58. The van der Waals surface area contributed by atoms with Gasteiger partial charge in [0.15, 0.2) is 0 Å². The quantitative estimate of drug-likeness (QED) is 0.871. The van der Waals surface area contributed by atoms with Gasteiger partial charge in [-0.25, -0.2) is 0 Å². The summed E-state index contributed by atoms with van der Waals surface area (Å²) in [5, 5.41) is 4.35. The predicted octanol–water partition coefficient (Wildman–Crippen LogP) is 3.58. The number of pyridine rings is 1. The normalized spacial score (nSPS) is 11.6. The second-order valence-electron chi connectivity index (χ2n) is 3.81. The summed E-state index contributed by atoms with van der Waals surface area (Å²) in [7, 11) is 1.67. The van der Waals surface area contributed by atoms with Crippen LogP contribution in [0, 0.1) is 0 Å². The summed E-state index contributed by atoms with van der Waals surface area (Å²) in [5.74, 6) is 0.844. The van der Waals surface area contributed by atoms with Crippen LogP contribution in [0.1, 0.15) is 13.8 Å². The maximum atomic E-state index is 5.33. The Morgan fingerprint density at radius 3 is 2.88 bits per heavy atom. The van der Waals surface area contributed by atoms with E-state index in [1.165, 1.54) is 0 Å². The van der Waals surface area contributed by atoms with E-state index in [0.29, 0.717) is 0 Å². The van der Waals surface area contributed by atoms with E-state index in [9.17, 15) is 0 Å². The molecule has 0 spiro atoms. The summed E-state index contributed by atoms with van der Waals surface area (Å²) in [4.78, 5) is 4.41. The predicted molar refractivity (Wildman–Crippen MR) is 71.3 cm³/mol.